The Morgan fingerprint density at radius 1 is 1.11 bits per heavy atom. The van der Waals surface area contributed by atoms with Crippen molar-refractivity contribution in [1.29, 1.82) is 0 Å². The minimum absolute atomic E-state index is 0.665. The molecule has 1 aromatic carbocycles. The first-order valence-electron chi connectivity index (χ1n) is 6.06. The zero-order valence-electron chi connectivity index (χ0n) is 10.8. The second-order valence-electron chi connectivity index (χ2n) is 4.63. The highest BCUT2D eigenvalue weighted by Crippen LogP contribution is 2.25. The zero-order valence-corrected chi connectivity index (χ0v) is 11.6. The van der Waals surface area contributed by atoms with E-state index in [1.54, 1.807) is 0 Å². The molecular formula is C15H14ClN3. The molecule has 0 saturated carbocycles. The van der Waals surface area contributed by atoms with Gasteiger partial charge >= 0.3 is 0 Å². The predicted molar refractivity (Wildman–Crippen MR) is 80.0 cm³/mol. The number of benzene rings is 1. The van der Waals surface area contributed by atoms with Crippen LogP contribution in [0.4, 0.5) is 5.69 Å². The van der Waals surface area contributed by atoms with Gasteiger partial charge in [0, 0.05) is 31.5 Å². The highest BCUT2D eigenvalue weighted by Gasteiger charge is 2.08. The first kappa shape index (κ1) is 12.1. The first-order valence-corrected chi connectivity index (χ1v) is 6.44. The SMILES string of the molecule is CN(C)c1ccc(-c2cnc3c(Cl)cccn23)cc1. The van der Waals surface area contributed by atoms with Crippen molar-refractivity contribution in [3.05, 3.63) is 53.8 Å². The fraction of sp³-hybridized carbons (Fsp3) is 0.133. The Bertz CT molecular complexity index is 714. The molecule has 96 valence electrons. The number of pyridine rings is 1. The Morgan fingerprint density at radius 3 is 2.53 bits per heavy atom. The number of halogens is 1. The molecule has 0 amide bonds. The normalized spacial score (nSPS) is 10.9. The summed E-state index contributed by atoms with van der Waals surface area (Å²) in [5, 5.41) is 0.665. The molecule has 0 bridgehead atoms. The molecule has 3 nitrogen and oxygen atoms in total. The molecule has 4 heteroatoms. The average Bonchev–Trinajstić information content (AvgIpc) is 2.84. The number of aromatic nitrogens is 2. The average molecular weight is 272 g/mol. The topological polar surface area (TPSA) is 20.5 Å². The van der Waals surface area contributed by atoms with E-state index in [1.807, 2.05) is 43.0 Å². The lowest BCUT2D eigenvalue weighted by Crippen LogP contribution is -2.07. The second-order valence-corrected chi connectivity index (χ2v) is 5.04. The number of fused-ring (bicyclic) bond motifs is 1. The van der Waals surface area contributed by atoms with Crippen LogP contribution in [0.2, 0.25) is 5.02 Å². The second kappa shape index (κ2) is 4.59. The summed E-state index contributed by atoms with van der Waals surface area (Å²) in [5.74, 6) is 0. The predicted octanol–water partition coefficient (Wildman–Crippen LogP) is 3.72. The van der Waals surface area contributed by atoms with Gasteiger partial charge in [0.1, 0.15) is 0 Å². The van der Waals surface area contributed by atoms with Gasteiger partial charge in [-0.15, -0.1) is 0 Å². The van der Waals surface area contributed by atoms with Crippen LogP contribution in [-0.2, 0) is 0 Å². The van der Waals surface area contributed by atoms with Crippen molar-refractivity contribution in [1.82, 2.24) is 9.38 Å². The maximum absolute atomic E-state index is 6.13. The van der Waals surface area contributed by atoms with Gasteiger partial charge in [0.25, 0.3) is 0 Å². The minimum atomic E-state index is 0.665. The fourth-order valence-corrected chi connectivity index (χ4v) is 2.33. The lowest BCUT2D eigenvalue weighted by molar-refractivity contribution is 1.13. The van der Waals surface area contributed by atoms with Gasteiger partial charge in [0.05, 0.1) is 16.9 Å². The third kappa shape index (κ3) is 2.06. The lowest BCUT2D eigenvalue weighted by atomic mass is 10.1. The van der Waals surface area contributed by atoms with Crippen LogP contribution >= 0.6 is 11.6 Å². The zero-order chi connectivity index (χ0) is 13.4. The van der Waals surface area contributed by atoms with Gasteiger partial charge in [-0.3, -0.25) is 4.40 Å². The monoisotopic (exact) mass is 271 g/mol. The van der Waals surface area contributed by atoms with Crippen LogP contribution in [0.1, 0.15) is 0 Å². The van der Waals surface area contributed by atoms with Gasteiger partial charge < -0.3 is 4.90 Å². The van der Waals surface area contributed by atoms with Crippen LogP contribution in [0.5, 0.6) is 0 Å². The van der Waals surface area contributed by atoms with Gasteiger partial charge in [0.2, 0.25) is 0 Å². The molecule has 0 unspecified atom stereocenters. The van der Waals surface area contributed by atoms with E-state index in [-0.39, 0.29) is 0 Å². The lowest BCUT2D eigenvalue weighted by Gasteiger charge is -2.12. The highest BCUT2D eigenvalue weighted by molar-refractivity contribution is 6.33. The molecule has 0 saturated heterocycles. The summed E-state index contributed by atoms with van der Waals surface area (Å²) in [6.45, 7) is 0. The molecule has 3 rings (SSSR count). The van der Waals surface area contributed by atoms with Crippen LogP contribution in [-0.4, -0.2) is 23.5 Å². The standard InChI is InChI=1S/C15H14ClN3/c1-18(2)12-7-5-11(6-8-12)14-10-17-15-13(16)4-3-9-19(14)15/h3-10H,1-2H3. The Balaban J connectivity index is 2.11. The number of nitrogens with zero attached hydrogens (tertiary/aromatic N) is 3. The van der Waals surface area contributed by atoms with Crippen LogP contribution in [0.15, 0.2) is 48.8 Å². The molecule has 0 aliphatic heterocycles. The molecular weight excluding hydrogens is 258 g/mol. The molecule has 0 N–H and O–H groups in total. The van der Waals surface area contributed by atoms with Gasteiger partial charge in [-0.1, -0.05) is 23.7 Å². The van der Waals surface area contributed by atoms with Crippen LogP contribution in [0.3, 0.4) is 0 Å². The molecule has 0 atom stereocenters. The van der Waals surface area contributed by atoms with E-state index in [1.165, 1.54) is 5.69 Å². The third-order valence-corrected chi connectivity index (χ3v) is 3.46. The molecule has 3 aromatic rings. The number of anilines is 1. The van der Waals surface area contributed by atoms with Crippen molar-refractivity contribution in [2.75, 3.05) is 19.0 Å². The summed E-state index contributed by atoms with van der Waals surface area (Å²) >= 11 is 6.13. The molecule has 0 spiro atoms. The van der Waals surface area contributed by atoms with Gasteiger partial charge in [0.15, 0.2) is 5.65 Å². The van der Waals surface area contributed by atoms with E-state index in [9.17, 15) is 0 Å². The summed E-state index contributed by atoms with van der Waals surface area (Å²) in [7, 11) is 4.06. The summed E-state index contributed by atoms with van der Waals surface area (Å²) < 4.78 is 2.01. The van der Waals surface area contributed by atoms with E-state index in [2.05, 4.69) is 34.1 Å². The molecule has 0 aliphatic carbocycles. The Kier molecular flexibility index (Phi) is 2.91. The largest absolute Gasteiger partial charge is 0.378 e. The maximum Gasteiger partial charge on any atom is 0.156 e. The smallest absolute Gasteiger partial charge is 0.156 e. The summed E-state index contributed by atoms with van der Waals surface area (Å²) in [6.07, 6.45) is 3.83. The maximum atomic E-state index is 6.13. The fourth-order valence-electron chi connectivity index (χ4n) is 2.12. The van der Waals surface area contributed by atoms with E-state index >= 15 is 0 Å². The van der Waals surface area contributed by atoms with Crippen molar-refractivity contribution in [3.8, 4) is 11.3 Å². The van der Waals surface area contributed by atoms with Crippen molar-refractivity contribution in [2.24, 2.45) is 0 Å². The summed E-state index contributed by atoms with van der Waals surface area (Å²) in [5.41, 5.74) is 4.13. The molecule has 0 radical (unpaired) electrons. The number of imidazole rings is 1. The van der Waals surface area contributed by atoms with Crippen LogP contribution in [0, 0.1) is 0 Å². The highest BCUT2D eigenvalue weighted by atomic mass is 35.5. The van der Waals surface area contributed by atoms with E-state index in [4.69, 9.17) is 11.6 Å². The Hall–Kier alpha value is -2.00. The van der Waals surface area contributed by atoms with E-state index < -0.39 is 0 Å². The van der Waals surface area contributed by atoms with Gasteiger partial charge in [-0.2, -0.15) is 0 Å². The number of rotatable bonds is 2. The Labute approximate surface area is 117 Å². The van der Waals surface area contributed by atoms with E-state index in [0.29, 0.717) is 5.02 Å². The summed E-state index contributed by atoms with van der Waals surface area (Å²) in [6, 6.07) is 12.2. The summed E-state index contributed by atoms with van der Waals surface area (Å²) in [4.78, 5) is 6.45. The van der Waals surface area contributed by atoms with E-state index in [0.717, 1.165) is 16.9 Å². The minimum Gasteiger partial charge on any atom is -0.378 e. The first-order chi connectivity index (χ1) is 9.16. The molecule has 0 aliphatic rings. The quantitative estimate of drug-likeness (QED) is 0.708. The molecule has 2 aromatic heterocycles. The van der Waals surface area contributed by atoms with Crippen molar-refractivity contribution < 1.29 is 0 Å². The Morgan fingerprint density at radius 2 is 1.84 bits per heavy atom. The van der Waals surface area contributed by atoms with Crippen LogP contribution < -0.4 is 4.90 Å². The van der Waals surface area contributed by atoms with Crippen molar-refractivity contribution in [3.63, 3.8) is 0 Å². The number of hydrogen-bond donors (Lipinski definition) is 0. The van der Waals surface area contributed by atoms with Crippen molar-refractivity contribution >= 4 is 22.9 Å². The number of hydrogen-bond acceptors (Lipinski definition) is 2. The molecule has 0 fully saturated rings. The third-order valence-electron chi connectivity index (χ3n) is 3.17. The van der Waals surface area contributed by atoms with Crippen molar-refractivity contribution in [2.45, 2.75) is 0 Å². The van der Waals surface area contributed by atoms with Gasteiger partial charge in [-0.25, -0.2) is 4.98 Å². The molecule has 2 heterocycles. The molecule has 19 heavy (non-hydrogen) atoms. The van der Waals surface area contributed by atoms with Gasteiger partial charge in [-0.05, 0) is 24.3 Å². The van der Waals surface area contributed by atoms with Crippen LogP contribution in [0.25, 0.3) is 16.9 Å².